The van der Waals surface area contributed by atoms with Crippen LogP contribution in [-0.2, 0) is 14.3 Å². The topological polar surface area (TPSA) is 72.9 Å². The van der Waals surface area contributed by atoms with Crippen molar-refractivity contribution in [1.29, 1.82) is 0 Å². The number of benzene rings is 1. The van der Waals surface area contributed by atoms with Crippen molar-refractivity contribution in [3.05, 3.63) is 35.4 Å². The molecule has 3 rings (SSSR count). The van der Waals surface area contributed by atoms with Crippen LogP contribution in [0.4, 0.5) is 0 Å². The summed E-state index contributed by atoms with van der Waals surface area (Å²) in [5.41, 5.74) is 0.783. The van der Waals surface area contributed by atoms with Crippen LogP contribution in [0.3, 0.4) is 0 Å². The lowest BCUT2D eigenvalue weighted by molar-refractivity contribution is -0.135. The number of amides is 1. The van der Waals surface area contributed by atoms with Crippen LogP contribution in [0.25, 0.3) is 6.08 Å². The molecule has 1 aromatic rings. The molecule has 1 amide bonds. The van der Waals surface area contributed by atoms with Crippen molar-refractivity contribution in [2.75, 3.05) is 20.2 Å². The molecule has 0 N–H and O–H groups in total. The molecule has 0 atom stereocenters. The molecular weight excluding hydrogens is 322 g/mol. The van der Waals surface area contributed by atoms with Crippen molar-refractivity contribution in [1.82, 2.24) is 4.90 Å². The van der Waals surface area contributed by atoms with Crippen LogP contribution < -0.4 is 4.74 Å². The lowest BCUT2D eigenvalue weighted by atomic mass is 9.82. The Morgan fingerprint density at radius 3 is 2.64 bits per heavy atom. The monoisotopic (exact) mass is 343 g/mol. The third-order valence-electron chi connectivity index (χ3n) is 4.85. The Labute approximate surface area is 146 Å². The number of esters is 1. The zero-order chi connectivity index (χ0) is 18.0. The van der Waals surface area contributed by atoms with Gasteiger partial charge in [0.1, 0.15) is 11.4 Å². The Kier molecular flexibility index (Phi) is 4.61. The van der Waals surface area contributed by atoms with Gasteiger partial charge in [-0.25, -0.2) is 4.79 Å². The van der Waals surface area contributed by atoms with E-state index in [0.29, 0.717) is 43.7 Å². The Morgan fingerprint density at radius 2 is 2.00 bits per heavy atom. The number of ketones is 1. The highest BCUT2D eigenvalue weighted by Crippen LogP contribution is 2.39. The minimum Gasteiger partial charge on any atom is -0.486 e. The third kappa shape index (κ3) is 3.57. The van der Waals surface area contributed by atoms with E-state index in [0.717, 1.165) is 5.56 Å². The summed E-state index contributed by atoms with van der Waals surface area (Å²) < 4.78 is 10.8. The summed E-state index contributed by atoms with van der Waals surface area (Å²) >= 11 is 0. The Bertz CT molecular complexity index is 744. The molecule has 0 radical (unpaired) electrons. The van der Waals surface area contributed by atoms with E-state index < -0.39 is 11.6 Å². The quantitative estimate of drug-likeness (QED) is 0.608. The van der Waals surface area contributed by atoms with E-state index in [4.69, 9.17) is 4.74 Å². The number of likely N-dealkylation sites (tertiary alicyclic amines) is 1. The second kappa shape index (κ2) is 6.70. The largest absolute Gasteiger partial charge is 0.486 e. The van der Waals surface area contributed by atoms with Crippen molar-refractivity contribution in [3.8, 4) is 5.75 Å². The fourth-order valence-electron chi connectivity index (χ4n) is 3.35. The summed E-state index contributed by atoms with van der Waals surface area (Å²) in [7, 11) is 1.32. The van der Waals surface area contributed by atoms with Gasteiger partial charge in [0.25, 0.3) is 0 Å². The summed E-state index contributed by atoms with van der Waals surface area (Å²) in [5.74, 6) is 0.205. The van der Waals surface area contributed by atoms with Crippen LogP contribution in [0.5, 0.6) is 5.75 Å². The van der Waals surface area contributed by atoms with E-state index in [1.165, 1.54) is 13.2 Å². The molecule has 1 spiro atoms. The number of rotatable bonds is 2. The predicted molar refractivity (Wildman–Crippen MR) is 91.3 cm³/mol. The van der Waals surface area contributed by atoms with E-state index in [9.17, 15) is 14.4 Å². The first-order chi connectivity index (χ1) is 11.9. The number of carbonyl (C=O) groups is 3. The highest BCUT2D eigenvalue weighted by Gasteiger charge is 2.43. The normalized spacial score (nSPS) is 18.8. The van der Waals surface area contributed by atoms with Gasteiger partial charge in [0.05, 0.1) is 19.1 Å². The number of carbonyl (C=O) groups excluding carboxylic acids is 3. The van der Waals surface area contributed by atoms with Gasteiger partial charge in [-0.15, -0.1) is 0 Å². The maximum atomic E-state index is 12.5. The number of fused-ring (bicyclic) bond motifs is 1. The van der Waals surface area contributed by atoms with E-state index in [-0.39, 0.29) is 11.7 Å². The summed E-state index contributed by atoms with van der Waals surface area (Å²) in [4.78, 5) is 37.1. The molecular formula is C19H21NO5. The van der Waals surface area contributed by atoms with Crippen molar-refractivity contribution in [2.24, 2.45) is 0 Å². The second-order valence-electron chi connectivity index (χ2n) is 6.50. The van der Waals surface area contributed by atoms with Gasteiger partial charge in [-0.05, 0) is 23.8 Å². The number of Topliss-reactive ketones (excluding diaryl/α,β-unsaturated/α-hetero) is 1. The molecule has 0 aliphatic carbocycles. The van der Waals surface area contributed by atoms with Gasteiger partial charge in [0.15, 0.2) is 5.78 Å². The van der Waals surface area contributed by atoms with Gasteiger partial charge in [-0.3, -0.25) is 9.59 Å². The predicted octanol–water partition coefficient (Wildman–Crippen LogP) is 2.22. The average Bonchev–Trinajstić information content (AvgIpc) is 2.59. The average molecular weight is 343 g/mol. The van der Waals surface area contributed by atoms with Crippen LogP contribution in [0, 0.1) is 0 Å². The molecule has 6 nitrogen and oxygen atoms in total. The number of nitrogens with zero attached hydrogens (tertiary/aromatic N) is 1. The van der Waals surface area contributed by atoms with E-state index in [1.807, 2.05) is 0 Å². The van der Waals surface area contributed by atoms with Crippen LogP contribution in [0.1, 0.15) is 42.1 Å². The van der Waals surface area contributed by atoms with Crippen LogP contribution in [-0.4, -0.2) is 48.4 Å². The summed E-state index contributed by atoms with van der Waals surface area (Å²) in [5, 5.41) is 0. The minimum absolute atomic E-state index is 0.0487. The molecule has 0 aromatic heterocycles. The lowest BCUT2D eigenvalue weighted by Crippen LogP contribution is -2.51. The third-order valence-corrected chi connectivity index (χ3v) is 4.85. The zero-order valence-electron chi connectivity index (χ0n) is 14.4. The highest BCUT2D eigenvalue weighted by molar-refractivity contribution is 6.00. The van der Waals surface area contributed by atoms with Crippen molar-refractivity contribution < 1.29 is 23.9 Å². The highest BCUT2D eigenvalue weighted by atomic mass is 16.5. The zero-order valence-corrected chi connectivity index (χ0v) is 14.4. The molecule has 25 heavy (non-hydrogen) atoms. The second-order valence-corrected chi connectivity index (χ2v) is 6.50. The molecule has 0 saturated carbocycles. The van der Waals surface area contributed by atoms with Crippen molar-refractivity contribution in [3.63, 3.8) is 0 Å². The first-order valence-electron chi connectivity index (χ1n) is 8.30. The number of hydrogen-bond donors (Lipinski definition) is 0. The number of piperidine rings is 1. The molecule has 1 aromatic carbocycles. The molecule has 2 aliphatic heterocycles. The Morgan fingerprint density at radius 1 is 1.28 bits per heavy atom. The fourth-order valence-corrected chi connectivity index (χ4v) is 3.35. The Hall–Kier alpha value is -2.63. The van der Waals surface area contributed by atoms with Crippen LogP contribution in [0.15, 0.2) is 24.3 Å². The standard InChI is InChI=1S/C19H21NO5/c1-13(21)20-9-7-19(8-10-20)12-16(22)15-5-3-14(11-17(15)25-19)4-6-18(23)24-2/h3-6,11H,7-10,12H2,1-2H3/b6-4+. The number of ether oxygens (including phenoxy) is 2. The van der Waals surface area contributed by atoms with Crippen LogP contribution >= 0.6 is 0 Å². The minimum atomic E-state index is -0.541. The molecule has 6 heteroatoms. The van der Waals surface area contributed by atoms with Gasteiger partial charge in [-0.1, -0.05) is 6.07 Å². The van der Waals surface area contributed by atoms with E-state index in [1.54, 1.807) is 36.1 Å². The molecule has 1 fully saturated rings. The van der Waals surface area contributed by atoms with Gasteiger partial charge in [0, 0.05) is 38.9 Å². The first kappa shape index (κ1) is 17.2. The van der Waals surface area contributed by atoms with Gasteiger partial charge in [-0.2, -0.15) is 0 Å². The summed E-state index contributed by atoms with van der Waals surface area (Å²) in [6.07, 6.45) is 4.57. The smallest absolute Gasteiger partial charge is 0.330 e. The SMILES string of the molecule is COC(=O)/C=C/c1ccc2c(c1)OC1(CCN(C(C)=O)CC1)CC2=O. The molecule has 0 bridgehead atoms. The summed E-state index contributed by atoms with van der Waals surface area (Å²) in [6, 6.07) is 5.27. The molecule has 2 aliphatic rings. The first-order valence-corrected chi connectivity index (χ1v) is 8.30. The molecule has 0 unspecified atom stereocenters. The van der Waals surface area contributed by atoms with Gasteiger partial charge >= 0.3 is 5.97 Å². The van der Waals surface area contributed by atoms with Gasteiger partial charge < -0.3 is 14.4 Å². The molecule has 1 saturated heterocycles. The number of methoxy groups -OCH3 is 1. The fraction of sp³-hybridized carbons (Fsp3) is 0.421. The molecule has 2 heterocycles. The Balaban J connectivity index is 1.81. The van der Waals surface area contributed by atoms with Crippen molar-refractivity contribution in [2.45, 2.75) is 31.8 Å². The number of hydrogen-bond acceptors (Lipinski definition) is 5. The maximum absolute atomic E-state index is 12.5. The van der Waals surface area contributed by atoms with Crippen molar-refractivity contribution >= 4 is 23.7 Å². The lowest BCUT2D eigenvalue weighted by Gasteiger charge is -2.43. The van der Waals surface area contributed by atoms with Gasteiger partial charge in [0.2, 0.25) is 5.91 Å². The van der Waals surface area contributed by atoms with Crippen LogP contribution in [0.2, 0.25) is 0 Å². The molecule has 132 valence electrons. The van der Waals surface area contributed by atoms with E-state index >= 15 is 0 Å². The summed E-state index contributed by atoms with van der Waals surface area (Å²) in [6.45, 7) is 2.75. The van der Waals surface area contributed by atoms with E-state index in [2.05, 4.69) is 4.74 Å². The maximum Gasteiger partial charge on any atom is 0.330 e.